The predicted molar refractivity (Wildman–Crippen MR) is 177 cm³/mol. The topological polar surface area (TPSA) is 154 Å². The Labute approximate surface area is 279 Å². The lowest BCUT2D eigenvalue weighted by Gasteiger charge is -2.38. The van der Waals surface area contributed by atoms with E-state index < -0.39 is 59.1 Å². The van der Waals surface area contributed by atoms with Crippen LogP contribution in [0.3, 0.4) is 0 Å². The maximum atomic E-state index is 14.3. The van der Waals surface area contributed by atoms with Gasteiger partial charge in [-0.25, -0.2) is 4.79 Å². The number of urea groups is 1. The van der Waals surface area contributed by atoms with Crippen molar-refractivity contribution in [3.05, 3.63) is 12.7 Å². The van der Waals surface area contributed by atoms with Gasteiger partial charge in [0.05, 0.1) is 12.1 Å². The van der Waals surface area contributed by atoms with Crippen LogP contribution in [-0.2, 0) is 24.0 Å². The number of Topliss-reactive ketones (excluding diaryl/α,β-unsaturated/α-hetero) is 2. The summed E-state index contributed by atoms with van der Waals surface area (Å²) in [6.07, 6.45) is 13.7. The second kappa shape index (κ2) is 14.6. The van der Waals surface area contributed by atoms with E-state index in [1.54, 1.807) is 0 Å². The molecule has 0 bridgehead atoms. The second-order valence-corrected chi connectivity index (χ2v) is 15.5. The van der Waals surface area contributed by atoms with Crippen LogP contribution in [0.1, 0.15) is 92.4 Å². The molecule has 11 heteroatoms. The molecule has 0 aromatic rings. The van der Waals surface area contributed by atoms with Crippen molar-refractivity contribution in [2.24, 2.45) is 34.5 Å². The van der Waals surface area contributed by atoms with Crippen molar-refractivity contribution < 1.29 is 28.8 Å². The minimum Gasteiger partial charge on any atom is -0.346 e. The molecule has 1 saturated heterocycles. The van der Waals surface area contributed by atoms with Crippen molar-refractivity contribution in [1.29, 1.82) is 0 Å². The molecular formula is C36H53N5O6. The lowest BCUT2D eigenvalue weighted by atomic mass is 9.81. The van der Waals surface area contributed by atoms with Gasteiger partial charge in [0.2, 0.25) is 17.6 Å². The largest absolute Gasteiger partial charge is 0.346 e. The van der Waals surface area contributed by atoms with Gasteiger partial charge in [0, 0.05) is 25.4 Å². The monoisotopic (exact) mass is 651 g/mol. The van der Waals surface area contributed by atoms with E-state index in [2.05, 4.69) is 33.8 Å². The fourth-order valence-corrected chi connectivity index (χ4v) is 7.62. The molecule has 11 nitrogen and oxygen atoms in total. The molecule has 0 radical (unpaired) electrons. The molecule has 4 rings (SSSR count). The second-order valence-electron chi connectivity index (χ2n) is 15.5. The Bertz CT molecular complexity index is 1300. The minimum atomic E-state index is -1.16. The van der Waals surface area contributed by atoms with E-state index >= 15 is 0 Å². The van der Waals surface area contributed by atoms with Crippen LogP contribution >= 0.6 is 0 Å². The van der Waals surface area contributed by atoms with Crippen LogP contribution in [0.5, 0.6) is 0 Å². The molecule has 3 saturated carbocycles. The predicted octanol–water partition coefficient (Wildman–Crippen LogP) is 2.88. The van der Waals surface area contributed by atoms with Gasteiger partial charge >= 0.3 is 6.03 Å². The first kappa shape index (κ1) is 36.2. The third-order valence-corrected chi connectivity index (χ3v) is 10.7. The number of fused-ring (bicyclic) bond motifs is 1. The number of terminal acetylenes is 1. The molecule has 1 aliphatic heterocycles. The average Bonchev–Trinajstić information content (AvgIpc) is 3.91. The highest BCUT2D eigenvalue weighted by molar-refractivity contribution is 6.38. The first-order valence-electron chi connectivity index (χ1n) is 17.2. The molecule has 6 atom stereocenters. The van der Waals surface area contributed by atoms with Gasteiger partial charge in [-0.3, -0.25) is 24.0 Å². The van der Waals surface area contributed by atoms with E-state index in [4.69, 9.17) is 6.42 Å². The number of hydrogen-bond acceptors (Lipinski definition) is 6. The summed E-state index contributed by atoms with van der Waals surface area (Å²) in [5.41, 5.74) is -0.940. The van der Waals surface area contributed by atoms with Crippen LogP contribution < -0.4 is 21.3 Å². The number of nitrogens with zero attached hydrogens (tertiary/aromatic N) is 1. The summed E-state index contributed by atoms with van der Waals surface area (Å²) < 4.78 is 0. The van der Waals surface area contributed by atoms with Crippen LogP contribution in [0, 0.1) is 46.8 Å². The van der Waals surface area contributed by atoms with E-state index in [0.29, 0.717) is 6.54 Å². The minimum absolute atomic E-state index is 0.00868. The molecular weight excluding hydrogens is 598 g/mol. The van der Waals surface area contributed by atoms with Crippen LogP contribution in [0.4, 0.5) is 4.79 Å². The summed E-state index contributed by atoms with van der Waals surface area (Å²) in [5, 5.41) is 11.0. The lowest BCUT2D eigenvalue weighted by Crippen LogP contribution is -2.62. The Morgan fingerprint density at radius 1 is 1.00 bits per heavy atom. The third kappa shape index (κ3) is 8.25. The van der Waals surface area contributed by atoms with Gasteiger partial charge in [-0.2, -0.15) is 0 Å². The molecule has 258 valence electrons. The first-order chi connectivity index (χ1) is 22.1. The Hall–Kier alpha value is -3.68. The molecule has 4 aliphatic rings. The van der Waals surface area contributed by atoms with Crippen LogP contribution in [0.25, 0.3) is 0 Å². The van der Waals surface area contributed by atoms with Gasteiger partial charge in [0.15, 0.2) is 5.78 Å². The van der Waals surface area contributed by atoms with E-state index in [-0.39, 0.29) is 54.3 Å². The molecule has 0 spiro atoms. The summed E-state index contributed by atoms with van der Waals surface area (Å²) in [6, 6.07) is -4.22. The quantitative estimate of drug-likeness (QED) is 0.129. The number of hydrogen-bond donors (Lipinski definition) is 4. The lowest BCUT2D eigenvalue weighted by molar-refractivity contribution is -0.145. The number of ketones is 2. The SMILES string of the molecule is C#CCCC(NC(=O)[C@@H]1[C@@H]2C(CN1C(=O)[C@@H](NC(=O)N[C@H](C(=O)C1CC1)C1CCCCC1)C(C)(C)C)C2(C)C)C(=O)C(=O)NCC=C. The molecule has 2 unspecified atom stereocenters. The zero-order chi connectivity index (χ0) is 34.7. The number of nitrogens with one attached hydrogen (secondary N) is 4. The van der Waals surface area contributed by atoms with Crippen LogP contribution in [-0.4, -0.2) is 77.5 Å². The average molecular weight is 652 g/mol. The van der Waals surface area contributed by atoms with Crippen LogP contribution in [0.15, 0.2) is 12.7 Å². The zero-order valence-corrected chi connectivity index (χ0v) is 28.7. The van der Waals surface area contributed by atoms with Crippen LogP contribution in [0.2, 0.25) is 0 Å². The number of amides is 5. The highest BCUT2D eigenvalue weighted by Crippen LogP contribution is 2.65. The fourth-order valence-electron chi connectivity index (χ4n) is 7.62. The summed E-state index contributed by atoms with van der Waals surface area (Å²) in [6.45, 7) is 13.6. The van der Waals surface area contributed by atoms with Gasteiger partial charge in [0.25, 0.3) is 5.91 Å². The van der Waals surface area contributed by atoms with Gasteiger partial charge in [-0.15, -0.1) is 18.9 Å². The maximum absolute atomic E-state index is 14.3. The van der Waals surface area contributed by atoms with Crippen molar-refractivity contribution in [2.75, 3.05) is 13.1 Å². The van der Waals surface area contributed by atoms with Gasteiger partial charge in [0.1, 0.15) is 12.1 Å². The summed E-state index contributed by atoms with van der Waals surface area (Å²) in [5.74, 6) is -0.124. The summed E-state index contributed by atoms with van der Waals surface area (Å²) in [4.78, 5) is 82.1. The summed E-state index contributed by atoms with van der Waals surface area (Å²) in [7, 11) is 0. The first-order valence-corrected chi connectivity index (χ1v) is 17.2. The molecule has 0 aromatic carbocycles. The third-order valence-electron chi connectivity index (χ3n) is 10.7. The molecule has 4 N–H and O–H groups in total. The number of likely N-dealkylation sites (tertiary alicyclic amines) is 1. The molecule has 47 heavy (non-hydrogen) atoms. The zero-order valence-electron chi connectivity index (χ0n) is 28.7. The van der Waals surface area contributed by atoms with Crippen molar-refractivity contribution >= 4 is 35.3 Å². The number of piperidine rings is 1. The number of rotatable bonds is 14. The Kier molecular flexibility index (Phi) is 11.2. The number of carbonyl (C=O) groups is 6. The van der Waals surface area contributed by atoms with E-state index in [1.165, 1.54) is 11.0 Å². The Balaban J connectivity index is 1.52. The van der Waals surface area contributed by atoms with E-state index in [9.17, 15) is 28.8 Å². The van der Waals surface area contributed by atoms with Gasteiger partial charge in [-0.05, 0) is 60.7 Å². The molecule has 3 aliphatic carbocycles. The maximum Gasteiger partial charge on any atom is 0.316 e. The standard InChI is InChI=1S/C36H53N5O6/c1-8-10-16-24(29(43)32(45)37-19-9-2)38-31(44)27-25-23(36(25,6)7)20-41(27)33(46)30(35(3,4)5)40-34(47)39-26(28(42)22-17-18-22)21-14-12-11-13-15-21/h1,9,21-27,30H,2,10-20H2,3-7H3,(H,37,45)(H,38,44)(H2,39,40,47)/t23?,24?,25-,26-,27-,30+/m0/s1. The van der Waals surface area contributed by atoms with E-state index in [1.807, 2.05) is 34.6 Å². The Morgan fingerprint density at radius 2 is 1.66 bits per heavy atom. The van der Waals surface area contributed by atoms with Crippen molar-refractivity contribution in [2.45, 2.75) is 117 Å². The highest BCUT2D eigenvalue weighted by Gasteiger charge is 2.70. The van der Waals surface area contributed by atoms with Crippen molar-refractivity contribution in [3.63, 3.8) is 0 Å². The fraction of sp³-hybridized carbons (Fsp3) is 0.722. The Morgan fingerprint density at radius 3 is 2.23 bits per heavy atom. The molecule has 5 amide bonds. The molecule has 4 fully saturated rings. The normalized spacial score (nSPS) is 25.2. The summed E-state index contributed by atoms with van der Waals surface area (Å²) >= 11 is 0. The van der Waals surface area contributed by atoms with Crippen molar-refractivity contribution in [3.8, 4) is 12.3 Å². The smallest absolute Gasteiger partial charge is 0.316 e. The van der Waals surface area contributed by atoms with Gasteiger partial charge in [-0.1, -0.05) is 60.0 Å². The molecule has 1 heterocycles. The van der Waals surface area contributed by atoms with E-state index in [0.717, 1.165) is 44.9 Å². The van der Waals surface area contributed by atoms with Crippen molar-refractivity contribution in [1.82, 2.24) is 26.2 Å². The van der Waals surface area contributed by atoms with Gasteiger partial charge < -0.3 is 26.2 Å². The molecule has 0 aromatic heterocycles. The highest BCUT2D eigenvalue weighted by atomic mass is 16.2. The number of carbonyl (C=O) groups excluding carboxylic acids is 6.